The Hall–Kier alpha value is -1.64. The van der Waals surface area contributed by atoms with Crippen LogP contribution >= 0.6 is 11.3 Å². The van der Waals surface area contributed by atoms with Gasteiger partial charge in [-0.2, -0.15) is 5.26 Å². The van der Waals surface area contributed by atoms with Crippen LogP contribution in [0.2, 0.25) is 0 Å². The number of aliphatic carboxylic acids is 1. The summed E-state index contributed by atoms with van der Waals surface area (Å²) in [6, 6.07) is 4.10. The predicted octanol–water partition coefficient (Wildman–Crippen LogP) is 2.44. The first kappa shape index (κ1) is 14.4. The van der Waals surface area contributed by atoms with Crippen molar-refractivity contribution in [3.8, 4) is 6.07 Å². The molecule has 1 aromatic heterocycles. The van der Waals surface area contributed by atoms with Crippen LogP contribution < -0.4 is 0 Å². The molecule has 0 spiro atoms. The fourth-order valence-electron chi connectivity index (χ4n) is 1.61. The molecule has 18 heavy (non-hydrogen) atoms. The van der Waals surface area contributed by atoms with Crippen LogP contribution in [0.25, 0.3) is 6.08 Å². The average Bonchev–Trinajstić information content (AvgIpc) is 2.73. The highest BCUT2D eigenvalue weighted by Crippen LogP contribution is 2.20. The Morgan fingerprint density at radius 1 is 1.72 bits per heavy atom. The highest BCUT2D eigenvalue weighted by atomic mass is 32.1. The fraction of sp³-hybridized carbons (Fsp3) is 0.385. The van der Waals surface area contributed by atoms with Crippen LogP contribution in [0.1, 0.15) is 17.4 Å². The number of nitrogens with zero attached hydrogens (tertiary/aromatic N) is 2. The van der Waals surface area contributed by atoms with Crippen molar-refractivity contribution in [2.45, 2.75) is 13.5 Å². The van der Waals surface area contributed by atoms with E-state index in [-0.39, 0.29) is 5.92 Å². The summed E-state index contributed by atoms with van der Waals surface area (Å²) in [5.74, 6) is -0.952. The lowest BCUT2D eigenvalue weighted by molar-refractivity contribution is -0.131. The number of nitriles is 1. The molecule has 1 atom stereocenters. The molecule has 0 saturated carbocycles. The first-order valence-corrected chi connectivity index (χ1v) is 6.46. The standard InChI is InChI=1S/C13H16N2O2S/c1-10(7-14)8-15(2)9-12-11(5-6-18-12)3-4-13(16)17/h3-6,10H,8-9H2,1-2H3,(H,16,17). The molecule has 0 aliphatic carbocycles. The summed E-state index contributed by atoms with van der Waals surface area (Å²) >= 11 is 1.60. The Balaban J connectivity index is 2.65. The van der Waals surface area contributed by atoms with E-state index in [1.165, 1.54) is 0 Å². The molecular weight excluding hydrogens is 248 g/mol. The molecule has 0 radical (unpaired) electrons. The van der Waals surface area contributed by atoms with Gasteiger partial charge in [0, 0.05) is 24.0 Å². The molecule has 1 N–H and O–H groups in total. The molecule has 96 valence electrons. The third-order valence-electron chi connectivity index (χ3n) is 2.40. The Kier molecular flexibility index (Phi) is 5.56. The molecule has 1 aromatic rings. The van der Waals surface area contributed by atoms with E-state index in [4.69, 9.17) is 10.4 Å². The quantitative estimate of drug-likeness (QED) is 0.801. The third kappa shape index (κ3) is 4.70. The summed E-state index contributed by atoms with van der Waals surface area (Å²) in [7, 11) is 1.96. The number of carbonyl (C=O) groups is 1. The lowest BCUT2D eigenvalue weighted by Gasteiger charge is -2.17. The number of hydrogen-bond donors (Lipinski definition) is 1. The molecule has 0 saturated heterocycles. The summed E-state index contributed by atoms with van der Waals surface area (Å²) in [5, 5.41) is 19.3. The molecule has 1 heterocycles. The van der Waals surface area contributed by atoms with Crippen molar-refractivity contribution in [1.29, 1.82) is 5.26 Å². The number of rotatable bonds is 6. The zero-order chi connectivity index (χ0) is 13.5. The van der Waals surface area contributed by atoms with Crippen LogP contribution in [0.4, 0.5) is 0 Å². The summed E-state index contributed by atoms with van der Waals surface area (Å²) < 4.78 is 0. The van der Waals surface area contributed by atoms with E-state index in [9.17, 15) is 4.79 Å². The molecule has 1 rings (SSSR count). The second kappa shape index (κ2) is 6.94. The van der Waals surface area contributed by atoms with E-state index in [0.717, 1.165) is 23.1 Å². The van der Waals surface area contributed by atoms with E-state index in [0.29, 0.717) is 6.54 Å². The van der Waals surface area contributed by atoms with Crippen molar-refractivity contribution in [1.82, 2.24) is 4.90 Å². The SMILES string of the molecule is CC(C#N)CN(C)Cc1sccc1C=CC(=O)O. The van der Waals surface area contributed by atoms with Crippen molar-refractivity contribution in [3.63, 3.8) is 0 Å². The van der Waals surface area contributed by atoms with Gasteiger partial charge in [0.15, 0.2) is 0 Å². The predicted molar refractivity (Wildman–Crippen MR) is 72.1 cm³/mol. The summed E-state index contributed by atoms with van der Waals surface area (Å²) in [4.78, 5) is 13.7. The van der Waals surface area contributed by atoms with Gasteiger partial charge in [-0.3, -0.25) is 4.90 Å². The lowest BCUT2D eigenvalue weighted by Crippen LogP contribution is -2.23. The highest BCUT2D eigenvalue weighted by molar-refractivity contribution is 7.10. The van der Waals surface area contributed by atoms with Gasteiger partial charge >= 0.3 is 5.97 Å². The summed E-state index contributed by atoms with van der Waals surface area (Å²) in [6.45, 7) is 3.32. The second-order valence-electron chi connectivity index (χ2n) is 4.20. The van der Waals surface area contributed by atoms with E-state index in [1.807, 2.05) is 25.4 Å². The molecule has 0 aliphatic heterocycles. The molecule has 0 bridgehead atoms. The van der Waals surface area contributed by atoms with Crippen LogP contribution in [0, 0.1) is 17.2 Å². The Morgan fingerprint density at radius 2 is 2.44 bits per heavy atom. The number of carboxylic acids is 1. The van der Waals surface area contributed by atoms with Gasteiger partial charge in [-0.05, 0) is 37.1 Å². The van der Waals surface area contributed by atoms with Gasteiger partial charge in [0.25, 0.3) is 0 Å². The summed E-state index contributed by atoms with van der Waals surface area (Å²) in [6.07, 6.45) is 2.75. The first-order chi connectivity index (χ1) is 8.52. The normalized spacial score (nSPS) is 12.8. The van der Waals surface area contributed by atoms with Gasteiger partial charge in [-0.1, -0.05) is 0 Å². The van der Waals surface area contributed by atoms with Gasteiger partial charge < -0.3 is 5.11 Å². The van der Waals surface area contributed by atoms with E-state index >= 15 is 0 Å². The smallest absolute Gasteiger partial charge is 0.328 e. The maximum absolute atomic E-state index is 10.5. The second-order valence-corrected chi connectivity index (χ2v) is 5.20. The topological polar surface area (TPSA) is 64.3 Å². The number of hydrogen-bond acceptors (Lipinski definition) is 4. The van der Waals surface area contributed by atoms with Crippen LogP contribution in [0.3, 0.4) is 0 Å². The van der Waals surface area contributed by atoms with Crippen LogP contribution in [-0.2, 0) is 11.3 Å². The highest BCUT2D eigenvalue weighted by Gasteiger charge is 2.09. The molecule has 1 unspecified atom stereocenters. The largest absolute Gasteiger partial charge is 0.478 e. The third-order valence-corrected chi connectivity index (χ3v) is 3.33. The fourth-order valence-corrected chi connectivity index (χ4v) is 2.55. The Bertz CT molecular complexity index is 474. The van der Waals surface area contributed by atoms with E-state index in [1.54, 1.807) is 17.4 Å². The minimum atomic E-state index is -0.946. The summed E-state index contributed by atoms with van der Waals surface area (Å²) in [5.41, 5.74) is 0.930. The van der Waals surface area contributed by atoms with E-state index in [2.05, 4.69) is 11.0 Å². The molecule has 0 fully saturated rings. The maximum Gasteiger partial charge on any atom is 0.328 e. The molecule has 4 nitrogen and oxygen atoms in total. The van der Waals surface area contributed by atoms with Crippen molar-refractivity contribution in [2.24, 2.45) is 5.92 Å². The molecule has 0 amide bonds. The van der Waals surface area contributed by atoms with Gasteiger partial charge in [0.1, 0.15) is 0 Å². The van der Waals surface area contributed by atoms with Crippen molar-refractivity contribution in [3.05, 3.63) is 28.0 Å². The van der Waals surface area contributed by atoms with Gasteiger partial charge in [0.05, 0.1) is 12.0 Å². The Morgan fingerprint density at radius 3 is 3.06 bits per heavy atom. The zero-order valence-corrected chi connectivity index (χ0v) is 11.3. The zero-order valence-electron chi connectivity index (χ0n) is 10.5. The molecule has 0 aromatic carbocycles. The Labute approximate surface area is 111 Å². The first-order valence-electron chi connectivity index (χ1n) is 5.58. The minimum Gasteiger partial charge on any atom is -0.478 e. The van der Waals surface area contributed by atoms with Crippen LogP contribution in [0.5, 0.6) is 0 Å². The average molecular weight is 264 g/mol. The maximum atomic E-state index is 10.5. The van der Waals surface area contributed by atoms with Crippen molar-refractivity contribution in [2.75, 3.05) is 13.6 Å². The molecule has 5 heteroatoms. The van der Waals surface area contributed by atoms with Gasteiger partial charge in [0.2, 0.25) is 0 Å². The van der Waals surface area contributed by atoms with Gasteiger partial charge in [-0.25, -0.2) is 4.79 Å². The number of carboxylic acid groups (broad SMARTS) is 1. The van der Waals surface area contributed by atoms with Crippen molar-refractivity contribution < 1.29 is 9.90 Å². The number of thiophene rings is 1. The van der Waals surface area contributed by atoms with E-state index < -0.39 is 5.97 Å². The minimum absolute atomic E-state index is 0.00651. The monoisotopic (exact) mass is 264 g/mol. The van der Waals surface area contributed by atoms with Crippen molar-refractivity contribution >= 4 is 23.4 Å². The van der Waals surface area contributed by atoms with Crippen LogP contribution in [-0.4, -0.2) is 29.6 Å². The lowest BCUT2D eigenvalue weighted by atomic mass is 10.2. The van der Waals surface area contributed by atoms with Crippen LogP contribution in [0.15, 0.2) is 17.5 Å². The molecule has 0 aliphatic rings. The molecular formula is C13H16N2O2S. The van der Waals surface area contributed by atoms with Gasteiger partial charge in [-0.15, -0.1) is 11.3 Å².